The molecule has 1 aliphatic carbocycles. The average Bonchev–Trinajstić information content (AvgIpc) is 3.02. The number of halogens is 3. The van der Waals surface area contributed by atoms with Gasteiger partial charge in [0, 0.05) is 12.7 Å². The largest absolute Gasteiger partial charge is 0.465 e. The number of carbonyl (C=O) groups is 1. The molecule has 0 amide bonds. The third kappa shape index (κ3) is 5.64. The van der Waals surface area contributed by atoms with Crippen molar-refractivity contribution in [3.05, 3.63) is 70.3 Å². The van der Waals surface area contributed by atoms with E-state index in [9.17, 15) is 26.4 Å². The topological polar surface area (TPSA) is 60.4 Å². The highest BCUT2D eigenvalue weighted by Gasteiger charge is 2.27. The van der Waals surface area contributed by atoms with Crippen LogP contribution in [0.25, 0.3) is 17.7 Å². The molecule has 31 heavy (non-hydrogen) atoms. The third-order valence-electron chi connectivity index (χ3n) is 4.94. The van der Waals surface area contributed by atoms with Crippen molar-refractivity contribution in [1.82, 2.24) is 0 Å². The van der Waals surface area contributed by atoms with Gasteiger partial charge in [0.1, 0.15) is 0 Å². The van der Waals surface area contributed by atoms with Crippen LogP contribution in [0.4, 0.5) is 13.2 Å². The third-order valence-corrected chi connectivity index (χ3v) is 6.05. The van der Waals surface area contributed by atoms with Crippen molar-refractivity contribution in [2.45, 2.75) is 30.3 Å². The van der Waals surface area contributed by atoms with Crippen molar-refractivity contribution in [2.75, 3.05) is 13.4 Å². The molecule has 0 saturated heterocycles. The van der Waals surface area contributed by atoms with Crippen LogP contribution >= 0.6 is 0 Å². The molecule has 4 nitrogen and oxygen atoms in total. The predicted octanol–water partition coefficient (Wildman–Crippen LogP) is 5.55. The molecule has 0 unspecified atom stereocenters. The number of rotatable bonds is 6. The Kier molecular flexibility index (Phi) is 6.40. The molecule has 0 spiro atoms. The molecule has 0 fully saturated rings. The zero-order chi connectivity index (χ0) is 22.8. The Morgan fingerprint density at radius 3 is 2.52 bits per heavy atom. The quantitative estimate of drug-likeness (QED) is 0.542. The number of esters is 1. The highest BCUT2D eigenvalue weighted by molar-refractivity contribution is 7.90. The van der Waals surface area contributed by atoms with Gasteiger partial charge in [0.15, 0.2) is 9.84 Å². The molecule has 0 N–H and O–H groups in total. The molecule has 0 radical (unpaired) electrons. The van der Waals surface area contributed by atoms with Gasteiger partial charge < -0.3 is 4.74 Å². The maximum Gasteiger partial charge on any atom is 0.389 e. The summed E-state index contributed by atoms with van der Waals surface area (Å²) in [7, 11) is -2.14. The summed E-state index contributed by atoms with van der Waals surface area (Å²) in [6, 6.07) is 11.4. The van der Waals surface area contributed by atoms with Crippen LogP contribution in [-0.4, -0.2) is 33.9 Å². The highest BCUT2D eigenvalue weighted by atomic mass is 32.2. The van der Waals surface area contributed by atoms with Crippen LogP contribution in [0.15, 0.2) is 52.9 Å². The molecule has 164 valence electrons. The Morgan fingerprint density at radius 1 is 1.13 bits per heavy atom. The van der Waals surface area contributed by atoms with Crippen molar-refractivity contribution < 1.29 is 31.1 Å². The second-order valence-corrected chi connectivity index (χ2v) is 9.35. The Bertz CT molecular complexity index is 1180. The number of sulfone groups is 1. The summed E-state index contributed by atoms with van der Waals surface area (Å²) in [5, 5.41) is 0. The molecule has 3 rings (SSSR count). The van der Waals surface area contributed by atoms with Crippen molar-refractivity contribution in [2.24, 2.45) is 0 Å². The molecular weight excluding hydrogens is 429 g/mol. The Hall–Kier alpha value is -2.87. The second-order valence-electron chi connectivity index (χ2n) is 7.33. The Balaban J connectivity index is 2.02. The van der Waals surface area contributed by atoms with Gasteiger partial charge in [0.2, 0.25) is 0 Å². The number of methoxy groups -OCH3 is 1. The van der Waals surface area contributed by atoms with Crippen LogP contribution in [0.2, 0.25) is 0 Å². The van der Waals surface area contributed by atoms with Gasteiger partial charge in [-0.15, -0.1) is 0 Å². The molecule has 0 aliphatic heterocycles. The van der Waals surface area contributed by atoms with Crippen molar-refractivity contribution in [3.63, 3.8) is 0 Å². The first-order valence-electron chi connectivity index (χ1n) is 9.50. The number of carbonyl (C=O) groups excluding carboxylic acids is 1. The van der Waals surface area contributed by atoms with Crippen molar-refractivity contribution >= 4 is 33.5 Å². The maximum atomic E-state index is 12.6. The predicted molar refractivity (Wildman–Crippen MR) is 113 cm³/mol. The average molecular weight is 450 g/mol. The second kappa shape index (κ2) is 8.70. The van der Waals surface area contributed by atoms with E-state index in [4.69, 9.17) is 4.74 Å². The molecule has 0 heterocycles. The van der Waals surface area contributed by atoms with E-state index in [1.54, 1.807) is 42.5 Å². The molecule has 2 aromatic rings. The van der Waals surface area contributed by atoms with E-state index in [0.717, 1.165) is 11.8 Å². The SMILES string of the molecule is COC(=O)c1cccc(C=C2C(CCCC(F)(F)F)=Cc3cc(S(C)(=O)=O)ccc32)c1. The fraction of sp³-hybridized carbons (Fsp3) is 0.261. The lowest BCUT2D eigenvalue weighted by Gasteiger charge is -2.10. The molecular formula is C23H21F3O4S. The van der Waals surface area contributed by atoms with E-state index >= 15 is 0 Å². The van der Waals surface area contributed by atoms with E-state index in [0.29, 0.717) is 27.8 Å². The smallest absolute Gasteiger partial charge is 0.389 e. The first-order valence-corrected chi connectivity index (χ1v) is 11.4. The van der Waals surface area contributed by atoms with Crippen LogP contribution in [0, 0.1) is 0 Å². The van der Waals surface area contributed by atoms with E-state index in [1.807, 2.05) is 0 Å². The van der Waals surface area contributed by atoms with E-state index in [1.165, 1.54) is 19.2 Å². The molecule has 0 saturated carbocycles. The van der Waals surface area contributed by atoms with E-state index in [2.05, 4.69) is 0 Å². The van der Waals surface area contributed by atoms with Gasteiger partial charge in [0.05, 0.1) is 17.6 Å². The highest BCUT2D eigenvalue weighted by Crippen LogP contribution is 2.41. The lowest BCUT2D eigenvalue weighted by atomic mass is 9.96. The van der Waals surface area contributed by atoms with Crippen LogP contribution in [-0.2, 0) is 14.6 Å². The van der Waals surface area contributed by atoms with E-state index in [-0.39, 0.29) is 17.7 Å². The summed E-state index contributed by atoms with van der Waals surface area (Å²) >= 11 is 0. The number of hydrogen-bond acceptors (Lipinski definition) is 4. The first kappa shape index (κ1) is 22.8. The van der Waals surface area contributed by atoms with Gasteiger partial charge >= 0.3 is 12.1 Å². The fourth-order valence-corrected chi connectivity index (χ4v) is 4.13. The summed E-state index contributed by atoms with van der Waals surface area (Å²) in [6.07, 6.45) is -0.414. The summed E-state index contributed by atoms with van der Waals surface area (Å²) < 4.78 is 66.4. The van der Waals surface area contributed by atoms with Gasteiger partial charge in [-0.25, -0.2) is 13.2 Å². The van der Waals surface area contributed by atoms with Crippen LogP contribution in [0.5, 0.6) is 0 Å². The minimum atomic E-state index is -4.24. The molecule has 2 aromatic carbocycles. The number of hydrogen-bond donors (Lipinski definition) is 0. The van der Waals surface area contributed by atoms with Crippen molar-refractivity contribution in [3.8, 4) is 0 Å². The van der Waals surface area contributed by atoms with Gasteiger partial charge in [-0.2, -0.15) is 13.2 Å². The minimum Gasteiger partial charge on any atom is -0.465 e. The zero-order valence-corrected chi connectivity index (χ0v) is 17.8. The lowest BCUT2D eigenvalue weighted by Crippen LogP contribution is -2.06. The number of allylic oxidation sites excluding steroid dienone is 2. The summed E-state index contributed by atoms with van der Waals surface area (Å²) in [4.78, 5) is 12.0. The summed E-state index contributed by atoms with van der Waals surface area (Å²) in [6.45, 7) is 0. The minimum absolute atomic E-state index is 0.0816. The first-order chi connectivity index (χ1) is 14.5. The molecule has 0 bridgehead atoms. The summed E-state index contributed by atoms with van der Waals surface area (Å²) in [5.41, 5.74) is 3.80. The van der Waals surface area contributed by atoms with Crippen LogP contribution < -0.4 is 0 Å². The van der Waals surface area contributed by atoms with Gasteiger partial charge in [-0.05, 0) is 71.0 Å². The summed E-state index contributed by atoms with van der Waals surface area (Å²) in [5.74, 6) is -0.495. The number of ether oxygens (including phenoxy) is 1. The molecule has 0 aromatic heterocycles. The van der Waals surface area contributed by atoms with Gasteiger partial charge in [0.25, 0.3) is 0 Å². The van der Waals surface area contributed by atoms with Gasteiger partial charge in [-0.1, -0.05) is 24.3 Å². The monoisotopic (exact) mass is 450 g/mol. The van der Waals surface area contributed by atoms with E-state index < -0.39 is 28.4 Å². The molecule has 1 aliphatic rings. The molecule has 8 heteroatoms. The van der Waals surface area contributed by atoms with Crippen LogP contribution in [0.1, 0.15) is 46.3 Å². The fourth-order valence-electron chi connectivity index (χ4n) is 3.47. The number of fused-ring (bicyclic) bond motifs is 1. The number of alkyl halides is 3. The zero-order valence-electron chi connectivity index (χ0n) is 17.0. The lowest BCUT2D eigenvalue weighted by molar-refractivity contribution is -0.135. The normalized spacial score (nSPS) is 15.0. The Morgan fingerprint density at radius 2 is 1.87 bits per heavy atom. The van der Waals surface area contributed by atoms with Crippen LogP contribution in [0.3, 0.4) is 0 Å². The Labute approximate surface area is 179 Å². The maximum absolute atomic E-state index is 12.6. The number of benzene rings is 2. The molecule has 0 atom stereocenters. The van der Waals surface area contributed by atoms with Gasteiger partial charge in [-0.3, -0.25) is 0 Å². The standard InChI is InChI=1S/C23H21F3O4S/c1-30-22(27)17-6-3-5-15(11-17)12-21-16(7-4-10-23(24,25)26)13-18-14-19(31(2,28)29)8-9-20(18)21/h3,5-6,8-9,11-14H,4,7,10H2,1-2H3. The van der Waals surface area contributed by atoms with Crippen molar-refractivity contribution in [1.29, 1.82) is 0 Å².